The number of hydrogen-bond acceptors (Lipinski definition) is 4. The molecule has 17 heavy (non-hydrogen) atoms. The van der Waals surface area contributed by atoms with E-state index in [0.717, 1.165) is 6.26 Å². The summed E-state index contributed by atoms with van der Waals surface area (Å²) >= 11 is 5.51. The molecule has 1 aromatic carbocycles. The fourth-order valence-corrected chi connectivity index (χ4v) is 1.87. The Morgan fingerprint density at radius 1 is 1.53 bits per heavy atom. The van der Waals surface area contributed by atoms with Gasteiger partial charge in [0, 0.05) is 6.26 Å². The van der Waals surface area contributed by atoms with E-state index in [-0.39, 0.29) is 16.6 Å². The minimum Gasteiger partial charge on any atom is -0.494 e. The zero-order valence-electron chi connectivity index (χ0n) is 9.47. The van der Waals surface area contributed by atoms with Crippen LogP contribution in [0.4, 0.5) is 5.69 Å². The van der Waals surface area contributed by atoms with Gasteiger partial charge in [0.1, 0.15) is 17.3 Å². The van der Waals surface area contributed by atoms with E-state index < -0.39 is 9.84 Å². The first-order valence-electron chi connectivity index (χ1n) is 4.65. The van der Waals surface area contributed by atoms with Crippen molar-refractivity contribution in [1.29, 1.82) is 0 Å². The molecule has 1 rings (SSSR count). The van der Waals surface area contributed by atoms with Crippen molar-refractivity contribution in [1.82, 2.24) is 0 Å². The molecule has 0 fully saturated rings. The summed E-state index contributed by atoms with van der Waals surface area (Å²) in [5.74, 6) is 0.688. The van der Waals surface area contributed by atoms with Crippen LogP contribution >= 0.6 is 11.6 Å². The molecule has 94 valence electrons. The van der Waals surface area contributed by atoms with E-state index in [1.807, 2.05) is 0 Å². The third kappa shape index (κ3) is 3.61. The Morgan fingerprint density at radius 2 is 2.18 bits per heavy atom. The van der Waals surface area contributed by atoms with Crippen molar-refractivity contribution >= 4 is 33.0 Å². The van der Waals surface area contributed by atoms with E-state index in [2.05, 4.69) is 4.99 Å². The molecule has 0 saturated carbocycles. The monoisotopic (exact) mass is 276 g/mol. The Bertz CT molecular complexity index is 540. The van der Waals surface area contributed by atoms with Crippen LogP contribution in [0.2, 0.25) is 0 Å². The second kappa shape index (κ2) is 5.37. The molecule has 2 N–H and O–H groups in total. The maximum absolute atomic E-state index is 11.4. The lowest BCUT2D eigenvalue weighted by atomic mass is 10.3. The molecule has 0 amide bonds. The molecule has 0 aromatic heterocycles. The number of alkyl halides is 1. The molecule has 0 aliphatic heterocycles. The number of nitrogens with two attached hydrogens (primary N) is 1. The van der Waals surface area contributed by atoms with E-state index in [1.165, 1.54) is 25.3 Å². The molecule has 0 atom stereocenters. The van der Waals surface area contributed by atoms with Crippen molar-refractivity contribution in [3.8, 4) is 5.75 Å². The van der Waals surface area contributed by atoms with Gasteiger partial charge in [0.05, 0.1) is 17.9 Å². The van der Waals surface area contributed by atoms with Crippen molar-refractivity contribution in [3.63, 3.8) is 0 Å². The van der Waals surface area contributed by atoms with Gasteiger partial charge in [-0.1, -0.05) is 0 Å². The zero-order valence-corrected chi connectivity index (χ0v) is 11.0. The molecular formula is C10H13ClN2O3S. The summed E-state index contributed by atoms with van der Waals surface area (Å²) < 4.78 is 27.8. The lowest BCUT2D eigenvalue weighted by Gasteiger charge is -2.07. The molecular weight excluding hydrogens is 264 g/mol. The van der Waals surface area contributed by atoms with Crippen molar-refractivity contribution in [2.45, 2.75) is 4.90 Å². The highest BCUT2D eigenvalue weighted by Gasteiger charge is 2.11. The third-order valence-electron chi connectivity index (χ3n) is 1.98. The summed E-state index contributed by atoms with van der Waals surface area (Å²) in [7, 11) is -1.83. The number of nitrogens with zero attached hydrogens (tertiary/aromatic N) is 1. The molecule has 0 aliphatic carbocycles. The largest absolute Gasteiger partial charge is 0.494 e. The van der Waals surface area contributed by atoms with Gasteiger partial charge in [0.25, 0.3) is 0 Å². The van der Waals surface area contributed by atoms with Crippen LogP contribution in [0.15, 0.2) is 28.1 Å². The number of sulfone groups is 1. The molecule has 5 nitrogen and oxygen atoms in total. The highest BCUT2D eigenvalue weighted by molar-refractivity contribution is 7.90. The van der Waals surface area contributed by atoms with Crippen molar-refractivity contribution in [3.05, 3.63) is 18.2 Å². The lowest BCUT2D eigenvalue weighted by molar-refractivity contribution is 0.416. The van der Waals surface area contributed by atoms with Gasteiger partial charge in [-0.3, -0.25) is 0 Å². The van der Waals surface area contributed by atoms with Gasteiger partial charge in [0.15, 0.2) is 9.84 Å². The maximum Gasteiger partial charge on any atom is 0.175 e. The number of rotatable bonds is 4. The second-order valence-corrected chi connectivity index (χ2v) is 5.63. The van der Waals surface area contributed by atoms with Crippen LogP contribution in [-0.2, 0) is 9.84 Å². The average Bonchev–Trinajstić information content (AvgIpc) is 2.27. The van der Waals surface area contributed by atoms with Crippen LogP contribution in [0.5, 0.6) is 5.75 Å². The summed E-state index contributed by atoms with van der Waals surface area (Å²) in [6, 6.07) is 4.37. The summed E-state index contributed by atoms with van der Waals surface area (Å²) in [5.41, 5.74) is 5.84. The molecule has 0 heterocycles. The van der Waals surface area contributed by atoms with Crippen LogP contribution in [0.25, 0.3) is 0 Å². The number of aliphatic imine (C=N–C) groups is 1. The minimum atomic E-state index is -3.29. The lowest BCUT2D eigenvalue weighted by Crippen LogP contribution is -2.12. The molecule has 7 heteroatoms. The maximum atomic E-state index is 11.4. The number of amidine groups is 1. The van der Waals surface area contributed by atoms with Crippen molar-refractivity contribution < 1.29 is 13.2 Å². The average molecular weight is 277 g/mol. The zero-order chi connectivity index (χ0) is 13.1. The Kier molecular flexibility index (Phi) is 4.36. The van der Waals surface area contributed by atoms with E-state index in [0.29, 0.717) is 11.4 Å². The summed E-state index contributed by atoms with van der Waals surface area (Å²) in [6.45, 7) is 0. The van der Waals surface area contributed by atoms with Gasteiger partial charge in [-0.25, -0.2) is 13.4 Å². The predicted molar refractivity (Wildman–Crippen MR) is 68.1 cm³/mol. The number of ether oxygens (including phenoxy) is 1. The van der Waals surface area contributed by atoms with Gasteiger partial charge in [-0.15, -0.1) is 11.6 Å². The fourth-order valence-electron chi connectivity index (χ4n) is 1.17. The number of halogens is 1. The molecule has 0 bridgehead atoms. The third-order valence-corrected chi connectivity index (χ3v) is 3.36. The van der Waals surface area contributed by atoms with E-state index in [1.54, 1.807) is 0 Å². The number of hydrogen-bond donors (Lipinski definition) is 1. The van der Waals surface area contributed by atoms with Crippen LogP contribution < -0.4 is 10.5 Å². The predicted octanol–water partition coefficient (Wildman–Crippen LogP) is 1.33. The Morgan fingerprint density at radius 3 is 2.65 bits per heavy atom. The molecule has 0 saturated heterocycles. The summed E-state index contributed by atoms with van der Waals surface area (Å²) in [5, 5.41) is 0. The highest BCUT2D eigenvalue weighted by atomic mass is 35.5. The number of benzene rings is 1. The molecule has 0 aliphatic rings. The van der Waals surface area contributed by atoms with Crippen molar-refractivity contribution in [2.75, 3.05) is 19.2 Å². The quantitative estimate of drug-likeness (QED) is 0.511. The second-order valence-electron chi connectivity index (χ2n) is 3.34. The minimum absolute atomic E-state index is 0.0618. The number of methoxy groups -OCH3 is 1. The first kappa shape index (κ1) is 13.8. The fraction of sp³-hybridized carbons (Fsp3) is 0.300. The van der Waals surface area contributed by atoms with Gasteiger partial charge in [0.2, 0.25) is 0 Å². The normalized spacial score (nSPS) is 12.5. The summed E-state index contributed by atoms with van der Waals surface area (Å²) in [6.07, 6.45) is 1.12. The topological polar surface area (TPSA) is 81.8 Å². The van der Waals surface area contributed by atoms with Crippen LogP contribution in [0.1, 0.15) is 0 Å². The molecule has 1 aromatic rings. The van der Waals surface area contributed by atoms with Crippen LogP contribution in [-0.4, -0.2) is 33.5 Å². The van der Waals surface area contributed by atoms with E-state index in [9.17, 15) is 8.42 Å². The van der Waals surface area contributed by atoms with Gasteiger partial charge >= 0.3 is 0 Å². The highest BCUT2D eigenvalue weighted by Crippen LogP contribution is 2.30. The molecule has 0 radical (unpaired) electrons. The molecule has 0 unspecified atom stereocenters. The first-order valence-corrected chi connectivity index (χ1v) is 7.08. The van der Waals surface area contributed by atoms with Crippen LogP contribution in [0, 0.1) is 0 Å². The van der Waals surface area contributed by atoms with E-state index in [4.69, 9.17) is 22.1 Å². The van der Waals surface area contributed by atoms with Crippen LogP contribution in [0.3, 0.4) is 0 Å². The smallest absolute Gasteiger partial charge is 0.175 e. The van der Waals surface area contributed by atoms with Gasteiger partial charge in [-0.2, -0.15) is 0 Å². The Hall–Kier alpha value is -1.27. The molecule has 0 spiro atoms. The first-order chi connectivity index (χ1) is 7.88. The standard InChI is InChI=1S/C10H13ClN2O3S/c1-16-9-4-3-7(17(2,14)15)5-8(9)13-10(12)6-11/h3-5H,6H2,1-2H3,(H2,12,13). The van der Waals surface area contributed by atoms with E-state index >= 15 is 0 Å². The van der Waals surface area contributed by atoms with Gasteiger partial charge in [-0.05, 0) is 18.2 Å². The Labute approximate surface area is 105 Å². The van der Waals surface area contributed by atoms with Crippen molar-refractivity contribution in [2.24, 2.45) is 10.7 Å². The van der Waals surface area contributed by atoms with Gasteiger partial charge < -0.3 is 10.5 Å². The SMILES string of the molecule is COc1ccc(S(C)(=O)=O)cc1N=C(N)CCl. The Balaban J connectivity index is 3.35. The summed E-state index contributed by atoms with van der Waals surface area (Å²) in [4.78, 5) is 4.15.